The maximum atomic E-state index is 6.76. The van der Waals surface area contributed by atoms with E-state index in [2.05, 4.69) is 225 Å². The molecule has 398 valence electrons. The lowest BCUT2D eigenvalue weighted by Crippen LogP contribution is -2.38. The van der Waals surface area contributed by atoms with Gasteiger partial charge in [0.05, 0.1) is 0 Å². The minimum Gasteiger partial charge on any atom is -0.249 e. The fraction of sp³-hybridized carbons (Fsp3) is 1.00. The van der Waals surface area contributed by atoms with Crippen molar-refractivity contribution in [2.45, 2.75) is 136 Å². The Balaban J connectivity index is 10.1. The summed E-state index contributed by atoms with van der Waals surface area (Å²) in [5, 5.41) is 0. The summed E-state index contributed by atoms with van der Waals surface area (Å²) in [5.74, 6) is 0. The van der Waals surface area contributed by atoms with Gasteiger partial charge in [0.25, 0.3) is 0 Å². The van der Waals surface area contributed by atoms with E-state index in [0.717, 1.165) is 38.9 Å². The van der Waals surface area contributed by atoms with Crippen LogP contribution in [0.2, 0.25) is 0 Å². The first-order chi connectivity index (χ1) is 30.8. The second kappa shape index (κ2) is 32.8. The van der Waals surface area contributed by atoms with Crippen molar-refractivity contribution in [2.24, 2.45) is 18.1 Å². The highest BCUT2D eigenvalue weighted by atomic mass is 31.3. The van der Waals surface area contributed by atoms with Gasteiger partial charge in [0.2, 0.25) is 30.0 Å². The Kier molecular flexibility index (Phi) is 33.3. The van der Waals surface area contributed by atoms with Crippen molar-refractivity contribution in [3.05, 3.63) is 0 Å². The number of hydrogen-bond donors (Lipinski definition) is 0. The van der Waals surface area contributed by atoms with Crippen LogP contribution in [0.1, 0.15) is 136 Å². The predicted octanol–water partition coefficient (Wildman–Crippen LogP) is 13.4. The third-order valence-electron chi connectivity index (χ3n) is 12.7. The van der Waals surface area contributed by atoms with Gasteiger partial charge in [0.15, 0.2) is 0 Å². The molecule has 0 unspecified atom stereocenters. The maximum Gasteiger partial charge on any atom is 0.502 e. The largest absolute Gasteiger partial charge is 0.502 e. The van der Waals surface area contributed by atoms with E-state index in [-0.39, 0.29) is 0 Å². The molecule has 0 heterocycles. The molecule has 0 bridgehead atoms. The minimum absolute atomic E-state index is 0.949. The zero-order chi connectivity index (χ0) is 51.1. The molecule has 21 heteroatoms. The maximum absolute atomic E-state index is 6.76. The lowest BCUT2D eigenvalue weighted by molar-refractivity contribution is 0.361. The topological polar surface area (TPSA) is 88.3 Å². The molecule has 0 aliphatic heterocycles. The Morgan fingerprint density at radius 1 is 0.242 bits per heavy atom. The van der Waals surface area contributed by atoms with Crippen LogP contribution >= 0.6 is 37.9 Å². The third kappa shape index (κ3) is 18.1. The summed E-state index contributed by atoms with van der Waals surface area (Å²) in [7, 11) is 32.0. The monoisotopic (exact) mass is 1030 g/mol. The first-order valence-electron chi connectivity index (χ1n) is 25.5. The summed E-state index contributed by atoms with van der Waals surface area (Å²) >= 11 is 0. The van der Waals surface area contributed by atoms with Crippen molar-refractivity contribution in [1.29, 1.82) is 0 Å². The Morgan fingerprint density at radius 3 is 0.591 bits per heavy atom. The van der Waals surface area contributed by atoms with Gasteiger partial charge < -0.3 is 0 Å². The molecule has 66 heavy (non-hydrogen) atoms. The number of nitrogens with zero attached hydrogens (tertiary/aromatic N) is 16. The number of unbranched alkanes of at least 4 members (excludes halogenated alkanes) is 15. The highest BCUT2D eigenvalue weighted by molar-refractivity contribution is 7.88. The zero-order valence-corrected chi connectivity index (χ0v) is 52.7. The molecule has 0 aromatic carbocycles. The average molecular weight is 1030 g/mol. The SMILES string of the molecule is CCCCCCCCN(C)P(=N[P+](N=P(N(C)C)(N(C)C)N(C)C)(N=P(N(C)C)(N(C)C)N(C)C)N=P(N(C)C)(N(C)C)N(C)C)(N(C)CCCCCCCC)N(C)CCCCCCCC. The predicted molar refractivity (Wildman–Crippen MR) is 306 cm³/mol. The van der Waals surface area contributed by atoms with Gasteiger partial charge in [-0.15, -0.1) is 0 Å². The van der Waals surface area contributed by atoms with Crippen molar-refractivity contribution < 1.29 is 0 Å². The first kappa shape index (κ1) is 66.9. The van der Waals surface area contributed by atoms with E-state index in [1.165, 1.54) is 96.3 Å². The summed E-state index contributed by atoms with van der Waals surface area (Å²) < 4.78 is 55.3. The summed E-state index contributed by atoms with van der Waals surface area (Å²) in [4.78, 5) is 0. The van der Waals surface area contributed by atoms with Crippen LogP contribution in [0.25, 0.3) is 0 Å². The van der Waals surface area contributed by atoms with Gasteiger partial charge in [-0.2, -0.15) is 0 Å². The van der Waals surface area contributed by atoms with Gasteiger partial charge >= 0.3 is 7.87 Å². The summed E-state index contributed by atoms with van der Waals surface area (Å²) in [6, 6.07) is 0. The molecule has 0 radical (unpaired) electrons. The van der Waals surface area contributed by atoms with Crippen LogP contribution in [0.4, 0.5) is 0 Å². The van der Waals surface area contributed by atoms with Crippen LogP contribution in [-0.2, 0) is 0 Å². The van der Waals surface area contributed by atoms with Gasteiger partial charge in [-0.05, 0) is 185 Å². The normalized spacial score (nSPS) is 13.9. The second-order valence-corrected chi connectivity index (χ2v) is 37.6. The fourth-order valence-corrected chi connectivity index (χ4v) is 34.0. The number of rotatable bonds is 37. The fourth-order valence-electron chi connectivity index (χ4n) is 9.44. The Morgan fingerprint density at radius 2 is 0.409 bits per heavy atom. The van der Waals surface area contributed by atoms with Crippen molar-refractivity contribution in [1.82, 2.24) is 56.0 Å². The van der Waals surface area contributed by atoms with Crippen molar-refractivity contribution in [2.75, 3.05) is 168 Å². The van der Waals surface area contributed by atoms with E-state index in [0.29, 0.717) is 0 Å². The van der Waals surface area contributed by atoms with E-state index >= 15 is 0 Å². The van der Waals surface area contributed by atoms with Crippen molar-refractivity contribution in [3.63, 3.8) is 0 Å². The van der Waals surface area contributed by atoms with Crippen LogP contribution in [-0.4, -0.2) is 224 Å². The average Bonchev–Trinajstić information content (AvgIpc) is 3.22. The summed E-state index contributed by atoms with van der Waals surface area (Å²) in [6.07, 6.45) is 22.4. The lowest BCUT2D eigenvalue weighted by atomic mass is 10.1. The molecule has 0 N–H and O–H groups in total. The molecule has 0 aromatic heterocycles. The van der Waals surface area contributed by atoms with E-state index in [1.807, 2.05) is 0 Å². The quantitative estimate of drug-likeness (QED) is 0.0439. The Labute approximate surface area is 414 Å². The zero-order valence-electron chi connectivity index (χ0n) is 48.2. The molecule has 16 nitrogen and oxygen atoms in total. The van der Waals surface area contributed by atoms with Crippen LogP contribution in [0, 0.1) is 0 Å². The van der Waals surface area contributed by atoms with E-state index in [1.54, 1.807) is 0 Å². The molecule has 0 saturated carbocycles. The molecule has 0 saturated heterocycles. The molecule has 0 aliphatic rings. The lowest BCUT2D eigenvalue weighted by Gasteiger charge is -2.46. The molecule has 0 amide bonds. The third-order valence-corrected chi connectivity index (χ3v) is 33.4. The summed E-state index contributed by atoms with van der Waals surface area (Å²) in [6.45, 7) is 9.78. The molecule has 0 fully saturated rings. The first-order valence-corrected chi connectivity index (χ1v) is 33.5. The Hall–Kier alpha value is 0.870. The molecular weight excluding hydrogens is 919 g/mol. The standard InChI is InChI=1S/C45H114N16P5/c1-25-28-31-34-37-40-43-59(22)66(60(23)44-41-38-35-32-29-26-2,61(24)45-42-39-36-33-30-27-3)49-62(46-63(50(4)5,51(6)7)52(8)9,47-64(53(10)11,54(12)13)55(14)15)48-65(56(16)17,57(18)19)58(20)21/h25-45H2,1-24H3/q+1. The molecule has 0 atom stereocenters. The van der Waals surface area contributed by atoms with E-state index in [4.69, 9.17) is 18.1 Å². The smallest absolute Gasteiger partial charge is 0.249 e. The van der Waals surface area contributed by atoms with Crippen molar-refractivity contribution >= 4 is 37.9 Å². The summed E-state index contributed by atoms with van der Waals surface area (Å²) in [5.41, 5.74) is 0. The van der Waals surface area contributed by atoms with Gasteiger partial charge in [0.1, 0.15) is 0 Å². The van der Waals surface area contributed by atoms with Gasteiger partial charge in [-0.3, -0.25) is 0 Å². The molecule has 0 rings (SSSR count). The van der Waals surface area contributed by atoms with Gasteiger partial charge in [-0.25, -0.2) is 56.0 Å². The van der Waals surface area contributed by atoms with Crippen LogP contribution in [0.15, 0.2) is 18.1 Å². The number of hydrogen-bond acceptors (Lipinski definition) is 4. The molecular formula is C45H114N16P5+. The highest BCUT2D eigenvalue weighted by Crippen LogP contribution is 2.86. The van der Waals surface area contributed by atoms with Crippen LogP contribution in [0.3, 0.4) is 0 Å². The van der Waals surface area contributed by atoms with Crippen LogP contribution < -0.4 is 0 Å². The Bertz CT molecular complexity index is 1280. The van der Waals surface area contributed by atoms with E-state index < -0.39 is 37.9 Å². The molecule has 0 aliphatic carbocycles. The van der Waals surface area contributed by atoms with Crippen LogP contribution in [0.5, 0.6) is 0 Å². The molecule has 0 spiro atoms. The highest BCUT2D eigenvalue weighted by Gasteiger charge is 2.57. The second-order valence-electron chi connectivity index (χ2n) is 20.1. The van der Waals surface area contributed by atoms with Gasteiger partial charge in [-0.1, -0.05) is 117 Å². The van der Waals surface area contributed by atoms with Gasteiger partial charge in [0, 0.05) is 19.6 Å². The molecule has 0 aromatic rings. The minimum atomic E-state index is -3.59. The van der Waals surface area contributed by atoms with E-state index in [9.17, 15) is 0 Å². The van der Waals surface area contributed by atoms with Crippen molar-refractivity contribution in [3.8, 4) is 0 Å².